The van der Waals surface area contributed by atoms with Crippen LogP contribution in [0.5, 0.6) is 0 Å². The van der Waals surface area contributed by atoms with Crippen molar-refractivity contribution in [1.29, 1.82) is 0 Å². The van der Waals surface area contributed by atoms with Crippen LogP contribution < -0.4 is 5.32 Å². The van der Waals surface area contributed by atoms with Gasteiger partial charge in [0.25, 0.3) is 0 Å². The van der Waals surface area contributed by atoms with Gasteiger partial charge in [-0.05, 0) is 19.8 Å². The van der Waals surface area contributed by atoms with Crippen molar-refractivity contribution in [3.63, 3.8) is 0 Å². The molecule has 2 rings (SSSR count). The third kappa shape index (κ3) is 1.44. The molecule has 1 aliphatic heterocycles. The van der Waals surface area contributed by atoms with Gasteiger partial charge in [0.05, 0.1) is 12.7 Å². The fourth-order valence-electron chi connectivity index (χ4n) is 2.39. The van der Waals surface area contributed by atoms with E-state index >= 15 is 0 Å². The van der Waals surface area contributed by atoms with E-state index in [1.54, 1.807) is 6.92 Å². The maximum absolute atomic E-state index is 11.4. The normalized spacial score (nSPS) is 42.3. The number of esters is 1. The topological polar surface area (TPSA) is 58.6 Å². The molecular formula is C9H15NO3. The summed E-state index contributed by atoms with van der Waals surface area (Å²) in [5, 5.41) is 12.7. The monoisotopic (exact) mass is 185 g/mol. The number of carbonyl (C=O) groups excluding carboxylic acids is 1. The summed E-state index contributed by atoms with van der Waals surface area (Å²) in [7, 11) is 0. The molecule has 0 aromatic carbocycles. The molecule has 2 N–H and O–H groups in total. The first-order valence-corrected chi connectivity index (χ1v) is 4.83. The lowest BCUT2D eigenvalue weighted by Gasteiger charge is -2.25. The zero-order chi connectivity index (χ0) is 9.42. The Hall–Kier alpha value is -0.610. The van der Waals surface area contributed by atoms with Gasteiger partial charge in [0, 0.05) is 12.0 Å². The molecule has 1 aliphatic carbocycles. The minimum absolute atomic E-state index is 0.0732. The van der Waals surface area contributed by atoms with Crippen LogP contribution in [0.4, 0.5) is 0 Å². The van der Waals surface area contributed by atoms with Crippen LogP contribution in [0.25, 0.3) is 0 Å². The molecule has 2 aliphatic rings. The number of aliphatic hydroxyl groups is 1. The van der Waals surface area contributed by atoms with Crippen LogP contribution in [0.1, 0.15) is 19.8 Å². The van der Waals surface area contributed by atoms with Crippen LogP contribution in [0, 0.1) is 5.92 Å². The Kier molecular flexibility index (Phi) is 2.26. The first kappa shape index (κ1) is 8.97. The Morgan fingerprint density at radius 1 is 1.62 bits per heavy atom. The molecule has 4 atom stereocenters. The van der Waals surface area contributed by atoms with Crippen LogP contribution in [-0.2, 0) is 9.53 Å². The minimum Gasteiger partial charge on any atom is -0.465 e. The molecule has 13 heavy (non-hydrogen) atoms. The summed E-state index contributed by atoms with van der Waals surface area (Å²) >= 11 is 0. The summed E-state index contributed by atoms with van der Waals surface area (Å²) < 4.78 is 4.91. The molecule has 0 amide bonds. The molecule has 0 radical (unpaired) electrons. The zero-order valence-corrected chi connectivity index (χ0v) is 7.69. The molecule has 4 nitrogen and oxygen atoms in total. The lowest BCUT2D eigenvalue weighted by atomic mass is 9.97. The number of carbonyl (C=O) groups is 1. The van der Waals surface area contributed by atoms with Gasteiger partial charge in [0.15, 0.2) is 0 Å². The lowest BCUT2D eigenvalue weighted by molar-refractivity contribution is -0.148. The molecule has 0 aromatic rings. The number of aliphatic hydroxyl groups excluding tert-OH is 1. The number of hydrogen-bond donors (Lipinski definition) is 2. The Morgan fingerprint density at radius 2 is 2.38 bits per heavy atom. The third-order valence-corrected chi connectivity index (χ3v) is 2.96. The smallest absolute Gasteiger partial charge is 0.323 e. The van der Waals surface area contributed by atoms with Crippen molar-refractivity contribution < 1.29 is 14.6 Å². The maximum atomic E-state index is 11.4. The van der Waals surface area contributed by atoms with E-state index in [2.05, 4.69) is 5.32 Å². The van der Waals surface area contributed by atoms with E-state index in [0.717, 1.165) is 12.8 Å². The second kappa shape index (κ2) is 3.27. The van der Waals surface area contributed by atoms with Crippen molar-refractivity contribution in [3.8, 4) is 0 Å². The van der Waals surface area contributed by atoms with E-state index in [4.69, 9.17) is 4.74 Å². The van der Waals surface area contributed by atoms with Gasteiger partial charge in [-0.1, -0.05) is 0 Å². The van der Waals surface area contributed by atoms with E-state index in [9.17, 15) is 9.90 Å². The number of rotatable bonds is 2. The summed E-state index contributed by atoms with van der Waals surface area (Å²) in [6.45, 7) is 2.20. The summed E-state index contributed by atoms with van der Waals surface area (Å²) in [5.74, 6) is -0.141. The second-order valence-electron chi connectivity index (χ2n) is 3.80. The summed E-state index contributed by atoms with van der Waals surface area (Å²) in [6.07, 6.45) is 1.37. The number of piperidine rings is 1. The van der Waals surface area contributed by atoms with Gasteiger partial charge in [0.1, 0.15) is 6.04 Å². The van der Waals surface area contributed by atoms with E-state index in [-0.39, 0.29) is 24.0 Å². The van der Waals surface area contributed by atoms with Crippen LogP contribution in [0.15, 0.2) is 0 Å². The van der Waals surface area contributed by atoms with Gasteiger partial charge in [-0.15, -0.1) is 0 Å². The Morgan fingerprint density at radius 3 is 2.92 bits per heavy atom. The van der Waals surface area contributed by atoms with E-state index < -0.39 is 0 Å². The fourth-order valence-corrected chi connectivity index (χ4v) is 2.39. The SMILES string of the molecule is CCOC(=O)[C@H]1N[C@H]2C[C@@H]1[C@H](O)C2. The molecule has 2 bridgehead atoms. The van der Waals surface area contributed by atoms with Gasteiger partial charge in [-0.2, -0.15) is 0 Å². The molecule has 1 heterocycles. The summed E-state index contributed by atoms with van der Waals surface area (Å²) in [4.78, 5) is 11.4. The quantitative estimate of drug-likeness (QED) is 0.578. The van der Waals surface area contributed by atoms with Crippen LogP contribution in [0.2, 0.25) is 0 Å². The van der Waals surface area contributed by atoms with Crippen LogP contribution in [0.3, 0.4) is 0 Å². The van der Waals surface area contributed by atoms with Crippen molar-refractivity contribution in [2.24, 2.45) is 5.92 Å². The highest BCUT2D eigenvalue weighted by Crippen LogP contribution is 2.35. The highest BCUT2D eigenvalue weighted by molar-refractivity contribution is 5.77. The highest BCUT2D eigenvalue weighted by Gasteiger charge is 2.48. The fraction of sp³-hybridized carbons (Fsp3) is 0.889. The minimum atomic E-state index is -0.319. The van der Waals surface area contributed by atoms with Crippen molar-refractivity contribution in [2.45, 2.75) is 38.0 Å². The number of nitrogens with one attached hydrogen (secondary N) is 1. The highest BCUT2D eigenvalue weighted by atomic mass is 16.5. The molecule has 1 saturated carbocycles. The molecule has 74 valence electrons. The number of ether oxygens (including phenoxy) is 1. The molecule has 4 heteroatoms. The second-order valence-corrected chi connectivity index (χ2v) is 3.80. The zero-order valence-electron chi connectivity index (χ0n) is 7.69. The molecule has 2 fully saturated rings. The Balaban J connectivity index is 1.99. The number of fused-ring (bicyclic) bond motifs is 2. The predicted molar refractivity (Wildman–Crippen MR) is 46.1 cm³/mol. The molecule has 0 aromatic heterocycles. The van der Waals surface area contributed by atoms with E-state index in [1.807, 2.05) is 0 Å². The van der Waals surface area contributed by atoms with Gasteiger partial charge in [-0.25, -0.2) is 0 Å². The number of hydrogen-bond acceptors (Lipinski definition) is 4. The molecular weight excluding hydrogens is 170 g/mol. The molecule has 0 spiro atoms. The van der Waals surface area contributed by atoms with E-state index in [1.165, 1.54) is 0 Å². The van der Waals surface area contributed by atoms with Gasteiger partial charge < -0.3 is 15.2 Å². The maximum Gasteiger partial charge on any atom is 0.323 e. The lowest BCUT2D eigenvalue weighted by Crippen LogP contribution is -2.47. The standard InChI is InChI=1S/C9H15NO3/c1-2-13-9(12)8-6-3-5(10-8)4-7(6)11/h5-8,10-11H,2-4H2,1H3/t5-,6+,7+,8-/m0/s1. The van der Waals surface area contributed by atoms with Crippen molar-refractivity contribution in [1.82, 2.24) is 5.32 Å². The van der Waals surface area contributed by atoms with Gasteiger partial charge in [0.2, 0.25) is 0 Å². The van der Waals surface area contributed by atoms with Crippen LogP contribution in [-0.4, -0.2) is 35.9 Å². The van der Waals surface area contributed by atoms with Gasteiger partial charge >= 0.3 is 5.97 Å². The first-order valence-electron chi connectivity index (χ1n) is 4.83. The Labute approximate surface area is 77.3 Å². The van der Waals surface area contributed by atoms with Crippen molar-refractivity contribution in [2.75, 3.05) is 6.61 Å². The summed E-state index contributed by atoms with van der Waals surface area (Å²) in [6, 6.07) is 0.0445. The van der Waals surface area contributed by atoms with Crippen molar-refractivity contribution in [3.05, 3.63) is 0 Å². The van der Waals surface area contributed by atoms with Crippen LogP contribution >= 0.6 is 0 Å². The largest absolute Gasteiger partial charge is 0.465 e. The molecule has 1 saturated heterocycles. The average Bonchev–Trinajstić information content (AvgIpc) is 2.62. The first-order chi connectivity index (χ1) is 6.22. The Bertz CT molecular complexity index is 219. The third-order valence-electron chi connectivity index (χ3n) is 2.96. The average molecular weight is 185 g/mol. The van der Waals surface area contributed by atoms with E-state index in [0.29, 0.717) is 12.6 Å². The van der Waals surface area contributed by atoms with Gasteiger partial charge in [-0.3, -0.25) is 4.79 Å². The van der Waals surface area contributed by atoms with Crippen molar-refractivity contribution >= 4 is 5.97 Å². The predicted octanol–water partition coefficient (Wildman–Crippen LogP) is -0.339. The summed E-state index contributed by atoms with van der Waals surface area (Å²) in [5.41, 5.74) is 0. The molecule has 0 unspecified atom stereocenters.